The molecule has 0 unspecified atom stereocenters. The van der Waals surface area contributed by atoms with Crippen molar-refractivity contribution < 1.29 is 4.74 Å². The van der Waals surface area contributed by atoms with Gasteiger partial charge in [-0.2, -0.15) is 0 Å². The van der Waals surface area contributed by atoms with Gasteiger partial charge in [-0.25, -0.2) is 0 Å². The minimum absolute atomic E-state index is 0. The average molecular weight is 309 g/mol. The molecule has 16 heavy (non-hydrogen) atoms. The maximum Gasteiger partial charge on any atom is 0.124 e. The number of hydrogen-bond acceptors (Lipinski definition) is 2. The van der Waals surface area contributed by atoms with Crippen molar-refractivity contribution in [1.82, 2.24) is 5.32 Å². The smallest absolute Gasteiger partial charge is 0.124 e. The molecular weight excluding hydrogens is 289 g/mol. The lowest BCUT2D eigenvalue weighted by Crippen LogP contribution is -2.14. The number of rotatable bonds is 6. The Labute approximate surface area is 112 Å². The highest BCUT2D eigenvalue weighted by Gasteiger charge is 2.03. The quantitative estimate of drug-likeness (QED) is 0.808. The van der Waals surface area contributed by atoms with Gasteiger partial charge in [0.15, 0.2) is 0 Å². The molecular formula is C12H19BrClNO. The van der Waals surface area contributed by atoms with Crippen LogP contribution in [0.3, 0.4) is 0 Å². The van der Waals surface area contributed by atoms with Crippen molar-refractivity contribution in [2.45, 2.75) is 26.8 Å². The third-order valence-corrected chi connectivity index (χ3v) is 2.56. The summed E-state index contributed by atoms with van der Waals surface area (Å²) in [6.45, 7) is 6.79. The number of nitrogens with one attached hydrogen (secondary N) is 1. The highest BCUT2D eigenvalue weighted by molar-refractivity contribution is 9.10. The summed E-state index contributed by atoms with van der Waals surface area (Å²) < 4.78 is 6.64. The highest BCUT2D eigenvalue weighted by atomic mass is 79.9. The molecule has 0 amide bonds. The Morgan fingerprint density at radius 1 is 1.31 bits per heavy atom. The van der Waals surface area contributed by atoms with E-state index in [-0.39, 0.29) is 12.4 Å². The Kier molecular flexibility index (Phi) is 8.71. The largest absolute Gasteiger partial charge is 0.494 e. The summed E-state index contributed by atoms with van der Waals surface area (Å²) in [7, 11) is 0. The first-order chi connectivity index (χ1) is 7.27. The van der Waals surface area contributed by atoms with E-state index < -0.39 is 0 Å². The number of ether oxygens (including phenoxy) is 1. The molecule has 92 valence electrons. The fraction of sp³-hybridized carbons (Fsp3) is 0.500. The van der Waals surface area contributed by atoms with Crippen LogP contribution >= 0.6 is 28.3 Å². The SMILES string of the molecule is CCCNCc1ccc(Br)cc1OCC.Cl. The summed E-state index contributed by atoms with van der Waals surface area (Å²) in [5.74, 6) is 0.968. The van der Waals surface area contributed by atoms with Crippen LogP contribution in [0, 0.1) is 0 Å². The van der Waals surface area contributed by atoms with Gasteiger partial charge in [0, 0.05) is 16.6 Å². The van der Waals surface area contributed by atoms with Gasteiger partial charge in [0.1, 0.15) is 5.75 Å². The maximum absolute atomic E-state index is 5.58. The molecule has 1 aromatic rings. The second-order valence-electron chi connectivity index (χ2n) is 3.36. The van der Waals surface area contributed by atoms with Gasteiger partial charge in [0.05, 0.1) is 6.61 Å². The molecule has 1 N–H and O–H groups in total. The van der Waals surface area contributed by atoms with E-state index in [4.69, 9.17) is 4.74 Å². The summed E-state index contributed by atoms with van der Waals surface area (Å²) in [6, 6.07) is 6.16. The van der Waals surface area contributed by atoms with Crippen LogP contribution in [0.25, 0.3) is 0 Å². The first-order valence-electron chi connectivity index (χ1n) is 5.39. The molecule has 0 radical (unpaired) electrons. The van der Waals surface area contributed by atoms with E-state index in [2.05, 4.69) is 34.2 Å². The van der Waals surface area contributed by atoms with Crippen molar-refractivity contribution in [1.29, 1.82) is 0 Å². The molecule has 2 nitrogen and oxygen atoms in total. The topological polar surface area (TPSA) is 21.3 Å². The molecule has 1 rings (SSSR count). The van der Waals surface area contributed by atoms with E-state index >= 15 is 0 Å². The molecule has 0 aliphatic carbocycles. The Morgan fingerprint density at radius 3 is 2.69 bits per heavy atom. The lowest BCUT2D eigenvalue weighted by molar-refractivity contribution is 0.335. The minimum Gasteiger partial charge on any atom is -0.494 e. The molecule has 0 aliphatic heterocycles. The maximum atomic E-state index is 5.58. The lowest BCUT2D eigenvalue weighted by Gasteiger charge is -2.11. The highest BCUT2D eigenvalue weighted by Crippen LogP contribution is 2.23. The summed E-state index contributed by atoms with van der Waals surface area (Å²) >= 11 is 3.45. The van der Waals surface area contributed by atoms with Crippen LogP contribution in [0.2, 0.25) is 0 Å². The van der Waals surface area contributed by atoms with Gasteiger partial charge < -0.3 is 10.1 Å². The van der Waals surface area contributed by atoms with Crippen LogP contribution in [0.1, 0.15) is 25.8 Å². The second-order valence-corrected chi connectivity index (χ2v) is 4.28. The molecule has 0 fully saturated rings. The van der Waals surface area contributed by atoms with Crippen LogP contribution in [0.4, 0.5) is 0 Å². The normalized spacial score (nSPS) is 9.69. The van der Waals surface area contributed by atoms with Gasteiger partial charge in [0.2, 0.25) is 0 Å². The summed E-state index contributed by atoms with van der Waals surface area (Å²) in [5.41, 5.74) is 1.22. The van der Waals surface area contributed by atoms with Crippen molar-refractivity contribution in [3.05, 3.63) is 28.2 Å². The molecule has 0 spiro atoms. The van der Waals surface area contributed by atoms with E-state index in [0.29, 0.717) is 6.61 Å². The number of halogens is 2. The molecule has 0 aliphatic rings. The van der Waals surface area contributed by atoms with Crippen LogP contribution in [0.5, 0.6) is 5.75 Å². The predicted octanol–water partition coefficient (Wildman–Crippen LogP) is 3.77. The van der Waals surface area contributed by atoms with Gasteiger partial charge >= 0.3 is 0 Å². The van der Waals surface area contributed by atoms with Crippen molar-refractivity contribution in [3.63, 3.8) is 0 Å². The molecule has 1 aromatic carbocycles. The van der Waals surface area contributed by atoms with E-state index in [1.54, 1.807) is 0 Å². The number of hydrogen-bond donors (Lipinski definition) is 1. The van der Waals surface area contributed by atoms with Crippen LogP contribution in [0.15, 0.2) is 22.7 Å². The summed E-state index contributed by atoms with van der Waals surface area (Å²) in [6.07, 6.45) is 1.15. The van der Waals surface area contributed by atoms with E-state index in [9.17, 15) is 0 Å². The summed E-state index contributed by atoms with van der Waals surface area (Å²) in [5, 5.41) is 3.37. The average Bonchev–Trinajstić information content (AvgIpc) is 2.22. The standard InChI is InChI=1S/C12H18BrNO.ClH/c1-3-7-14-9-10-5-6-11(13)8-12(10)15-4-2;/h5-6,8,14H,3-4,7,9H2,1-2H3;1H. The Bertz CT molecular complexity index is 307. The van der Waals surface area contributed by atoms with Crippen molar-refractivity contribution in [2.75, 3.05) is 13.2 Å². The number of benzene rings is 1. The van der Waals surface area contributed by atoms with Crippen molar-refractivity contribution >= 4 is 28.3 Å². The zero-order valence-corrected chi connectivity index (χ0v) is 12.2. The van der Waals surface area contributed by atoms with Crippen LogP contribution in [-0.4, -0.2) is 13.2 Å². The Balaban J connectivity index is 0.00000225. The molecule has 0 bridgehead atoms. The third-order valence-electron chi connectivity index (χ3n) is 2.07. The van der Waals surface area contributed by atoms with Gasteiger partial charge in [-0.15, -0.1) is 12.4 Å². The first kappa shape index (κ1) is 15.8. The van der Waals surface area contributed by atoms with Gasteiger partial charge in [-0.1, -0.05) is 28.9 Å². The van der Waals surface area contributed by atoms with Gasteiger partial charge in [-0.05, 0) is 32.0 Å². The molecule has 4 heteroatoms. The fourth-order valence-electron chi connectivity index (χ4n) is 1.36. The molecule has 0 saturated carbocycles. The minimum atomic E-state index is 0. The zero-order valence-electron chi connectivity index (χ0n) is 9.75. The fourth-order valence-corrected chi connectivity index (χ4v) is 1.70. The van der Waals surface area contributed by atoms with Crippen molar-refractivity contribution in [3.8, 4) is 5.75 Å². The van der Waals surface area contributed by atoms with Crippen LogP contribution < -0.4 is 10.1 Å². The zero-order chi connectivity index (χ0) is 11.1. The predicted molar refractivity (Wildman–Crippen MR) is 74.6 cm³/mol. The first-order valence-corrected chi connectivity index (χ1v) is 6.19. The van der Waals surface area contributed by atoms with Gasteiger partial charge in [-0.3, -0.25) is 0 Å². The van der Waals surface area contributed by atoms with Gasteiger partial charge in [0.25, 0.3) is 0 Å². The Morgan fingerprint density at radius 2 is 2.06 bits per heavy atom. The third kappa shape index (κ3) is 5.19. The van der Waals surface area contributed by atoms with Crippen LogP contribution in [-0.2, 0) is 6.54 Å². The van der Waals surface area contributed by atoms with Crippen molar-refractivity contribution in [2.24, 2.45) is 0 Å². The summed E-state index contributed by atoms with van der Waals surface area (Å²) in [4.78, 5) is 0. The molecule has 0 atom stereocenters. The monoisotopic (exact) mass is 307 g/mol. The van der Waals surface area contributed by atoms with E-state index in [1.165, 1.54) is 5.56 Å². The second kappa shape index (κ2) is 8.85. The van der Waals surface area contributed by atoms with E-state index in [1.807, 2.05) is 19.1 Å². The Hall–Kier alpha value is -0.250. The molecule has 0 saturated heterocycles. The molecule has 0 aromatic heterocycles. The molecule has 0 heterocycles. The van der Waals surface area contributed by atoms with E-state index in [0.717, 1.165) is 29.7 Å². The lowest BCUT2D eigenvalue weighted by atomic mass is 10.2.